The maximum Gasteiger partial charge on any atom is 0.121 e. The maximum atomic E-state index is 4.88. The van der Waals surface area contributed by atoms with Crippen LogP contribution in [0.25, 0.3) is 22.1 Å². The van der Waals surface area contributed by atoms with Gasteiger partial charge in [-0.25, -0.2) is 9.97 Å². The van der Waals surface area contributed by atoms with E-state index in [2.05, 4.69) is 97.2 Å². The lowest BCUT2D eigenvalue weighted by molar-refractivity contribution is 0.237. The fraction of sp³-hybridized carbons (Fsp3) is 0.259. The van der Waals surface area contributed by atoms with E-state index in [1.54, 1.807) is 0 Å². The second-order valence-corrected chi connectivity index (χ2v) is 8.90. The van der Waals surface area contributed by atoms with Crippen molar-refractivity contribution >= 4 is 22.1 Å². The van der Waals surface area contributed by atoms with Gasteiger partial charge in [0.2, 0.25) is 0 Å². The van der Waals surface area contributed by atoms with E-state index in [-0.39, 0.29) is 0 Å². The number of nitrogens with zero attached hydrogens (tertiary/aromatic N) is 3. The lowest BCUT2D eigenvalue weighted by Crippen LogP contribution is -2.23. The van der Waals surface area contributed by atoms with Crippen LogP contribution in [-0.2, 0) is 19.6 Å². The Morgan fingerprint density at radius 1 is 0.625 bits per heavy atom. The van der Waals surface area contributed by atoms with Crippen LogP contribution < -0.4 is 0 Å². The average molecular weight is 424 g/mol. The quantitative estimate of drug-likeness (QED) is 0.359. The highest BCUT2D eigenvalue weighted by atomic mass is 15.2. The van der Waals surface area contributed by atoms with Gasteiger partial charge in [0.15, 0.2) is 0 Å². The summed E-state index contributed by atoms with van der Waals surface area (Å²) < 4.78 is 0. The van der Waals surface area contributed by atoms with Gasteiger partial charge in [-0.05, 0) is 79.8 Å². The number of aromatic nitrogens is 4. The molecule has 0 amide bonds. The number of nitrogens with one attached hydrogen (secondary N) is 2. The highest BCUT2D eigenvalue weighted by Gasteiger charge is 2.14. The Labute approximate surface area is 188 Å². The molecule has 0 aliphatic rings. The van der Waals surface area contributed by atoms with E-state index in [9.17, 15) is 0 Å². The first-order valence-corrected chi connectivity index (χ1v) is 11.1. The van der Waals surface area contributed by atoms with Gasteiger partial charge >= 0.3 is 0 Å². The van der Waals surface area contributed by atoms with Crippen molar-refractivity contribution in [3.63, 3.8) is 0 Å². The number of imidazole rings is 2. The molecule has 5 rings (SSSR count). The molecule has 0 aliphatic carbocycles. The molecule has 0 atom stereocenters. The summed E-state index contributed by atoms with van der Waals surface area (Å²) in [4.78, 5) is 19.2. The number of aromatic amines is 2. The SMILES string of the molecule is Cc1cc2nc(CN(Cc3ccccc3)Cc3nc4cc(C)c(C)cc4[nH]3)[nH]c2cc1C. The van der Waals surface area contributed by atoms with Gasteiger partial charge in [0.25, 0.3) is 0 Å². The first-order valence-electron chi connectivity index (χ1n) is 11.1. The van der Waals surface area contributed by atoms with E-state index >= 15 is 0 Å². The van der Waals surface area contributed by atoms with E-state index < -0.39 is 0 Å². The standard InChI is InChI=1S/C27H29N5/c1-17-10-22-23(11-18(17)2)29-26(28-22)15-32(14-21-8-6-5-7-9-21)16-27-30-24-12-19(3)20(4)13-25(24)31-27/h5-13H,14-16H2,1-4H3,(H,28,29)(H,30,31). The lowest BCUT2D eigenvalue weighted by Gasteiger charge is -2.20. The van der Waals surface area contributed by atoms with Gasteiger partial charge in [0.1, 0.15) is 11.6 Å². The second-order valence-electron chi connectivity index (χ2n) is 8.90. The summed E-state index contributed by atoms with van der Waals surface area (Å²) in [6.07, 6.45) is 0. The zero-order valence-electron chi connectivity index (χ0n) is 19.2. The third-order valence-electron chi connectivity index (χ3n) is 6.29. The average Bonchev–Trinajstić information content (AvgIpc) is 3.31. The van der Waals surface area contributed by atoms with Gasteiger partial charge in [0, 0.05) is 6.54 Å². The fourth-order valence-corrected chi connectivity index (χ4v) is 4.23. The summed E-state index contributed by atoms with van der Waals surface area (Å²) >= 11 is 0. The molecular weight excluding hydrogens is 394 g/mol. The third kappa shape index (κ3) is 4.16. The van der Waals surface area contributed by atoms with E-state index in [1.165, 1.54) is 27.8 Å². The van der Waals surface area contributed by atoms with Crippen LogP contribution in [0.4, 0.5) is 0 Å². The van der Waals surface area contributed by atoms with Crippen LogP contribution in [0, 0.1) is 27.7 Å². The third-order valence-corrected chi connectivity index (χ3v) is 6.29. The van der Waals surface area contributed by atoms with Crippen molar-refractivity contribution in [1.29, 1.82) is 0 Å². The fourth-order valence-electron chi connectivity index (χ4n) is 4.23. The zero-order valence-corrected chi connectivity index (χ0v) is 19.2. The Hall–Kier alpha value is -3.44. The van der Waals surface area contributed by atoms with Gasteiger partial charge in [0.05, 0.1) is 35.2 Å². The molecule has 2 heterocycles. The van der Waals surface area contributed by atoms with Crippen LogP contribution in [0.3, 0.4) is 0 Å². The molecular formula is C27H29N5. The minimum Gasteiger partial charge on any atom is -0.341 e. The summed E-state index contributed by atoms with van der Waals surface area (Å²) in [6.45, 7) is 10.8. The number of hydrogen-bond acceptors (Lipinski definition) is 3. The molecule has 5 heteroatoms. The molecule has 0 aliphatic heterocycles. The minimum atomic E-state index is 0.719. The predicted octanol–water partition coefficient (Wildman–Crippen LogP) is 5.88. The molecule has 162 valence electrons. The van der Waals surface area contributed by atoms with Crippen molar-refractivity contribution < 1.29 is 0 Å². The van der Waals surface area contributed by atoms with Crippen molar-refractivity contribution in [3.8, 4) is 0 Å². The van der Waals surface area contributed by atoms with E-state index in [0.29, 0.717) is 0 Å². The molecule has 0 fully saturated rings. The van der Waals surface area contributed by atoms with E-state index in [4.69, 9.17) is 9.97 Å². The molecule has 0 radical (unpaired) electrons. The van der Waals surface area contributed by atoms with Crippen LogP contribution in [0.15, 0.2) is 54.6 Å². The number of aryl methyl sites for hydroxylation is 4. The molecule has 0 bridgehead atoms. The summed E-state index contributed by atoms with van der Waals surface area (Å²) in [7, 11) is 0. The highest BCUT2D eigenvalue weighted by molar-refractivity contribution is 5.77. The molecule has 2 N–H and O–H groups in total. The van der Waals surface area contributed by atoms with Gasteiger partial charge in [-0.2, -0.15) is 0 Å². The van der Waals surface area contributed by atoms with Gasteiger partial charge in [-0.15, -0.1) is 0 Å². The molecule has 0 spiro atoms. The van der Waals surface area contributed by atoms with Gasteiger partial charge in [-0.1, -0.05) is 30.3 Å². The van der Waals surface area contributed by atoms with E-state index in [1.807, 2.05) is 0 Å². The summed E-state index contributed by atoms with van der Waals surface area (Å²) in [5.74, 6) is 1.95. The summed E-state index contributed by atoms with van der Waals surface area (Å²) in [6, 6.07) is 19.3. The molecule has 0 saturated heterocycles. The molecule has 5 nitrogen and oxygen atoms in total. The molecule has 0 saturated carbocycles. The lowest BCUT2D eigenvalue weighted by atomic mass is 10.1. The van der Waals surface area contributed by atoms with Crippen molar-refractivity contribution in [2.45, 2.75) is 47.3 Å². The molecule has 5 aromatic rings. The maximum absolute atomic E-state index is 4.88. The van der Waals surface area contributed by atoms with Crippen LogP contribution in [0.1, 0.15) is 39.5 Å². The normalized spacial score (nSPS) is 11.8. The second kappa shape index (κ2) is 8.24. The first-order chi connectivity index (χ1) is 15.4. The van der Waals surface area contributed by atoms with Crippen molar-refractivity contribution in [3.05, 3.63) is 94.1 Å². The van der Waals surface area contributed by atoms with Gasteiger partial charge < -0.3 is 9.97 Å². The Morgan fingerprint density at radius 2 is 1.09 bits per heavy atom. The molecule has 2 aromatic heterocycles. The first kappa shape index (κ1) is 20.5. The Balaban J connectivity index is 1.45. The van der Waals surface area contributed by atoms with E-state index in [0.717, 1.165) is 53.3 Å². The number of benzene rings is 3. The molecule has 3 aromatic carbocycles. The highest BCUT2D eigenvalue weighted by Crippen LogP contribution is 2.21. The minimum absolute atomic E-state index is 0.719. The largest absolute Gasteiger partial charge is 0.341 e. The van der Waals surface area contributed by atoms with Crippen LogP contribution in [0.5, 0.6) is 0 Å². The summed E-state index contributed by atoms with van der Waals surface area (Å²) in [5, 5.41) is 0. The van der Waals surface area contributed by atoms with Crippen LogP contribution in [0.2, 0.25) is 0 Å². The Morgan fingerprint density at radius 3 is 1.59 bits per heavy atom. The number of rotatable bonds is 6. The monoisotopic (exact) mass is 423 g/mol. The molecule has 32 heavy (non-hydrogen) atoms. The van der Waals surface area contributed by atoms with Crippen molar-refractivity contribution in [2.24, 2.45) is 0 Å². The van der Waals surface area contributed by atoms with Crippen molar-refractivity contribution in [2.75, 3.05) is 0 Å². The smallest absolute Gasteiger partial charge is 0.121 e. The number of fused-ring (bicyclic) bond motifs is 2. The summed E-state index contributed by atoms with van der Waals surface area (Å²) in [5.41, 5.74) is 10.6. The topological polar surface area (TPSA) is 60.6 Å². The molecule has 0 unspecified atom stereocenters. The van der Waals surface area contributed by atoms with Crippen LogP contribution >= 0.6 is 0 Å². The number of hydrogen-bond donors (Lipinski definition) is 2. The zero-order chi connectivity index (χ0) is 22.2. The Bertz CT molecular complexity index is 1230. The van der Waals surface area contributed by atoms with Gasteiger partial charge in [-0.3, -0.25) is 4.90 Å². The predicted molar refractivity (Wildman–Crippen MR) is 131 cm³/mol. The van der Waals surface area contributed by atoms with Crippen molar-refractivity contribution in [1.82, 2.24) is 24.8 Å². The number of H-pyrrole nitrogens is 2. The van der Waals surface area contributed by atoms with Crippen LogP contribution in [-0.4, -0.2) is 24.8 Å². The Kier molecular flexibility index (Phi) is 5.27.